The predicted molar refractivity (Wildman–Crippen MR) is 33.1 cm³/mol. The second-order valence-electron chi connectivity index (χ2n) is 1.29. The SMILES string of the molecule is CS(=O)(=O)OC(=O)OCCl. The molecule has 0 rings (SSSR count). The van der Waals surface area contributed by atoms with Crippen LogP contribution in [0.2, 0.25) is 0 Å². The minimum Gasteiger partial charge on any atom is -0.417 e. The first-order valence-electron chi connectivity index (χ1n) is 2.08. The largest absolute Gasteiger partial charge is 0.525 e. The summed E-state index contributed by atoms with van der Waals surface area (Å²) in [5.41, 5.74) is 0. The van der Waals surface area contributed by atoms with Gasteiger partial charge >= 0.3 is 16.3 Å². The van der Waals surface area contributed by atoms with Crippen LogP contribution in [0.3, 0.4) is 0 Å². The molecule has 0 aliphatic rings. The average molecular weight is 189 g/mol. The van der Waals surface area contributed by atoms with Crippen molar-refractivity contribution in [1.82, 2.24) is 0 Å². The van der Waals surface area contributed by atoms with Gasteiger partial charge in [0.05, 0.1) is 6.26 Å². The maximum atomic E-state index is 10.2. The van der Waals surface area contributed by atoms with Crippen LogP contribution < -0.4 is 0 Å². The molecule has 0 saturated heterocycles. The Balaban J connectivity index is 3.82. The molecule has 0 radical (unpaired) electrons. The lowest BCUT2D eigenvalue weighted by molar-refractivity contribution is 0.118. The normalized spacial score (nSPS) is 10.6. The van der Waals surface area contributed by atoms with Crippen LogP contribution in [0.5, 0.6) is 0 Å². The maximum absolute atomic E-state index is 10.2. The molecule has 0 aliphatic carbocycles. The summed E-state index contributed by atoms with van der Waals surface area (Å²) in [6.07, 6.45) is -0.597. The summed E-state index contributed by atoms with van der Waals surface area (Å²) in [4.78, 5) is 10.2. The quantitative estimate of drug-likeness (QED) is 0.354. The standard InChI is InChI=1S/C3H5ClO5S/c1-10(6,7)9-3(5)8-2-4/h2H2,1H3. The fourth-order valence-electron chi connectivity index (χ4n) is 0.192. The van der Waals surface area contributed by atoms with Gasteiger partial charge in [0.2, 0.25) is 0 Å². The summed E-state index contributed by atoms with van der Waals surface area (Å²) in [7, 11) is -3.78. The number of hydrogen-bond acceptors (Lipinski definition) is 5. The predicted octanol–water partition coefficient (Wildman–Crippen LogP) is 0.296. The van der Waals surface area contributed by atoms with Gasteiger partial charge in [0.25, 0.3) is 0 Å². The second kappa shape index (κ2) is 3.62. The number of ether oxygens (including phenoxy) is 1. The van der Waals surface area contributed by atoms with Crippen molar-refractivity contribution < 1.29 is 22.1 Å². The highest BCUT2D eigenvalue weighted by molar-refractivity contribution is 7.86. The molecule has 5 nitrogen and oxygen atoms in total. The first-order chi connectivity index (χ1) is 4.45. The minimum absolute atomic E-state index is 0.436. The number of alkyl halides is 1. The highest BCUT2D eigenvalue weighted by Gasteiger charge is 2.10. The molecule has 60 valence electrons. The van der Waals surface area contributed by atoms with Gasteiger partial charge in [0.1, 0.15) is 0 Å². The topological polar surface area (TPSA) is 69.7 Å². The van der Waals surface area contributed by atoms with Crippen molar-refractivity contribution in [2.24, 2.45) is 0 Å². The van der Waals surface area contributed by atoms with Crippen molar-refractivity contribution in [2.45, 2.75) is 0 Å². The fourth-order valence-corrected chi connectivity index (χ4v) is 0.577. The second-order valence-corrected chi connectivity index (χ2v) is 3.08. The molecule has 0 fully saturated rings. The van der Waals surface area contributed by atoms with Crippen LogP contribution in [0, 0.1) is 0 Å². The molecule has 0 saturated carbocycles. The van der Waals surface area contributed by atoms with E-state index in [1.807, 2.05) is 0 Å². The monoisotopic (exact) mass is 188 g/mol. The lowest BCUT2D eigenvalue weighted by Crippen LogP contribution is -2.11. The van der Waals surface area contributed by atoms with Gasteiger partial charge < -0.3 is 8.92 Å². The van der Waals surface area contributed by atoms with Crippen LogP contribution in [0.4, 0.5) is 4.79 Å². The summed E-state index contributed by atoms with van der Waals surface area (Å²) in [6, 6.07) is -0.436. The molecule has 0 amide bonds. The van der Waals surface area contributed by atoms with Crippen LogP contribution in [-0.2, 0) is 19.0 Å². The van der Waals surface area contributed by atoms with E-state index in [9.17, 15) is 13.2 Å². The van der Waals surface area contributed by atoms with Crippen molar-refractivity contribution in [1.29, 1.82) is 0 Å². The molecule has 0 aromatic rings. The van der Waals surface area contributed by atoms with Crippen LogP contribution in [0.1, 0.15) is 0 Å². The Hall–Kier alpha value is -0.490. The molecular formula is C3H5ClO5S. The van der Waals surface area contributed by atoms with Crippen molar-refractivity contribution >= 4 is 27.9 Å². The Morgan fingerprint density at radius 3 is 2.40 bits per heavy atom. The molecule has 0 aromatic carbocycles. The molecule has 0 atom stereocenters. The lowest BCUT2D eigenvalue weighted by atomic mass is 11.4. The maximum Gasteiger partial charge on any atom is 0.525 e. The summed E-state index contributed by atoms with van der Waals surface area (Å²) in [5, 5.41) is 0. The van der Waals surface area contributed by atoms with Gasteiger partial charge in [-0.3, -0.25) is 0 Å². The zero-order valence-electron chi connectivity index (χ0n) is 5.03. The Labute approximate surface area is 63.0 Å². The Bertz CT molecular complexity index is 207. The van der Waals surface area contributed by atoms with Gasteiger partial charge in [-0.15, -0.1) is 0 Å². The molecule has 0 heterocycles. The van der Waals surface area contributed by atoms with Crippen molar-refractivity contribution in [3.63, 3.8) is 0 Å². The van der Waals surface area contributed by atoms with Crippen molar-refractivity contribution in [2.75, 3.05) is 12.3 Å². The highest BCUT2D eigenvalue weighted by atomic mass is 35.5. The Morgan fingerprint density at radius 1 is 1.60 bits per heavy atom. The van der Waals surface area contributed by atoms with Crippen LogP contribution >= 0.6 is 11.6 Å². The van der Waals surface area contributed by atoms with E-state index in [1.165, 1.54) is 0 Å². The van der Waals surface area contributed by atoms with E-state index in [1.54, 1.807) is 0 Å². The first kappa shape index (κ1) is 9.51. The molecule has 7 heteroatoms. The highest BCUT2D eigenvalue weighted by Crippen LogP contribution is 1.92. The minimum atomic E-state index is -3.78. The smallest absolute Gasteiger partial charge is 0.417 e. The first-order valence-corrected chi connectivity index (χ1v) is 4.43. The number of hydrogen-bond donors (Lipinski definition) is 0. The van der Waals surface area contributed by atoms with E-state index in [0.29, 0.717) is 0 Å². The van der Waals surface area contributed by atoms with Gasteiger partial charge in [0.15, 0.2) is 6.07 Å². The molecule has 0 spiro atoms. The number of rotatable bonds is 2. The van der Waals surface area contributed by atoms with E-state index >= 15 is 0 Å². The number of carbonyl (C=O) groups is 1. The van der Waals surface area contributed by atoms with E-state index < -0.39 is 22.3 Å². The molecule has 0 N–H and O–H groups in total. The zero-order valence-corrected chi connectivity index (χ0v) is 6.61. The molecule has 10 heavy (non-hydrogen) atoms. The van der Waals surface area contributed by atoms with Crippen LogP contribution in [0.15, 0.2) is 0 Å². The average Bonchev–Trinajstić information content (AvgIpc) is 1.59. The molecule has 0 aromatic heterocycles. The van der Waals surface area contributed by atoms with E-state index in [0.717, 1.165) is 6.26 Å². The summed E-state index contributed by atoms with van der Waals surface area (Å²) in [5.74, 6) is 0. The van der Waals surface area contributed by atoms with Gasteiger partial charge in [-0.1, -0.05) is 11.6 Å². The van der Waals surface area contributed by atoms with Gasteiger partial charge in [-0.2, -0.15) is 8.42 Å². The molecule has 0 bridgehead atoms. The third-order valence-corrected chi connectivity index (χ3v) is 0.940. The molecular weight excluding hydrogens is 184 g/mol. The number of carbonyl (C=O) groups excluding carboxylic acids is 1. The number of halogens is 1. The van der Waals surface area contributed by atoms with Crippen molar-refractivity contribution in [3.8, 4) is 0 Å². The Morgan fingerprint density at radius 2 is 2.10 bits per heavy atom. The fraction of sp³-hybridized carbons (Fsp3) is 0.667. The van der Waals surface area contributed by atoms with E-state index in [4.69, 9.17) is 11.6 Å². The third kappa shape index (κ3) is 5.64. The van der Waals surface area contributed by atoms with E-state index in [-0.39, 0.29) is 0 Å². The van der Waals surface area contributed by atoms with Gasteiger partial charge in [0, 0.05) is 0 Å². The van der Waals surface area contributed by atoms with Crippen LogP contribution in [0.25, 0.3) is 0 Å². The summed E-state index contributed by atoms with van der Waals surface area (Å²) >= 11 is 4.91. The van der Waals surface area contributed by atoms with Crippen molar-refractivity contribution in [3.05, 3.63) is 0 Å². The van der Waals surface area contributed by atoms with E-state index in [2.05, 4.69) is 8.92 Å². The lowest BCUT2D eigenvalue weighted by Gasteiger charge is -1.98. The van der Waals surface area contributed by atoms with Gasteiger partial charge in [-0.05, 0) is 0 Å². The summed E-state index contributed by atoms with van der Waals surface area (Å²) < 4.78 is 27.9. The van der Waals surface area contributed by atoms with Gasteiger partial charge in [-0.25, -0.2) is 4.79 Å². The van der Waals surface area contributed by atoms with Crippen LogP contribution in [-0.4, -0.2) is 26.9 Å². The summed E-state index contributed by atoms with van der Waals surface area (Å²) in [6.45, 7) is 0. The third-order valence-electron chi connectivity index (χ3n) is 0.392. The molecule has 0 aliphatic heterocycles. The zero-order chi connectivity index (χ0) is 8.20. The Kier molecular flexibility index (Phi) is 3.45. The molecule has 0 unspecified atom stereocenters.